The maximum absolute atomic E-state index is 11.6. The van der Waals surface area contributed by atoms with Crippen LogP contribution in [-0.4, -0.2) is 53.4 Å². The van der Waals surface area contributed by atoms with Crippen LogP contribution >= 0.6 is 35.3 Å². The zero-order valence-electron chi connectivity index (χ0n) is 10.9. The monoisotopic (exact) mass is 339 g/mol. The smallest absolute Gasteiger partial charge is 0.181 e. The fourth-order valence-corrected chi connectivity index (χ4v) is 5.67. The van der Waals surface area contributed by atoms with E-state index in [1.54, 1.807) is 16.4 Å². The van der Waals surface area contributed by atoms with Gasteiger partial charge in [0.15, 0.2) is 18.1 Å². The Balaban J connectivity index is 2.11. The van der Waals surface area contributed by atoms with E-state index in [1.807, 2.05) is 13.2 Å². The van der Waals surface area contributed by atoms with E-state index < -0.39 is 9.84 Å². The Labute approximate surface area is 126 Å². The molecular weight excluding hydrogens is 322 g/mol. The van der Waals surface area contributed by atoms with Crippen LogP contribution in [0.1, 0.15) is 13.3 Å². The van der Waals surface area contributed by atoms with E-state index in [2.05, 4.69) is 10.00 Å². The van der Waals surface area contributed by atoms with Crippen LogP contribution in [-0.2, 0) is 16.5 Å². The number of hydrogen-bond acceptors (Lipinski definition) is 7. The topological polar surface area (TPSA) is 55.2 Å². The Morgan fingerprint density at radius 3 is 2.84 bits per heavy atom. The second kappa shape index (κ2) is 6.21. The molecule has 1 fully saturated rings. The van der Waals surface area contributed by atoms with Crippen LogP contribution in [0, 0.1) is 3.95 Å². The molecule has 19 heavy (non-hydrogen) atoms. The number of hydrogen-bond donors (Lipinski definition) is 0. The van der Waals surface area contributed by atoms with Crippen LogP contribution in [0.25, 0.3) is 0 Å². The van der Waals surface area contributed by atoms with Crippen LogP contribution in [0.15, 0.2) is 4.34 Å². The molecule has 2 heterocycles. The van der Waals surface area contributed by atoms with E-state index in [4.69, 9.17) is 12.2 Å². The zero-order chi connectivity index (χ0) is 14.0. The number of aromatic nitrogens is 2. The average molecular weight is 340 g/mol. The van der Waals surface area contributed by atoms with E-state index in [0.29, 0.717) is 18.8 Å². The van der Waals surface area contributed by atoms with Crippen LogP contribution in [0.4, 0.5) is 0 Å². The molecule has 0 bridgehead atoms. The third-order valence-electron chi connectivity index (χ3n) is 3.21. The number of sulfone groups is 1. The van der Waals surface area contributed by atoms with Crippen LogP contribution in [0.5, 0.6) is 0 Å². The molecule has 1 aromatic heterocycles. The van der Waals surface area contributed by atoms with Crippen LogP contribution in [0.3, 0.4) is 0 Å². The summed E-state index contributed by atoms with van der Waals surface area (Å²) in [5.41, 5.74) is 0. The lowest BCUT2D eigenvalue weighted by Crippen LogP contribution is -2.37. The van der Waals surface area contributed by atoms with Crippen molar-refractivity contribution >= 4 is 45.2 Å². The lowest BCUT2D eigenvalue weighted by Gasteiger charge is -2.25. The van der Waals surface area contributed by atoms with Gasteiger partial charge in [-0.25, -0.2) is 13.1 Å². The molecule has 1 aromatic rings. The zero-order valence-corrected chi connectivity index (χ0v) is 14.2. The molecule has 0 unspecified atom stereocenters. The molecule has 0 saturated carbocycles. The van der Waals surface area contributed by atoms with E-state index in [9.17, 15) is 8.42 Å². The molecule has 1 atom stereocenters. The normalized spacial score (nSPS) is 22.2. The predicted molar refractivity (Wildman–Crippen MR) is 82.2 cm³/mol. The molecule has 0 spiro atoms. The van der Waals surface area contributed by atoms with Crippen LogP contribution in [0.2, 0.25) is 0 Å². The molecule has 5 nitrogen and oxygen atoms in total. The lowest BCUT2D eigenvalue weighted by atomic mass is 10.2. The Kier molecular flexibility index (Phi) is 5.04. The van der Waals surface area contributed by atoms with Gasteiger partial charge in [0.1, 0.15) is 0 Å². The fraction of sp³-hybridized carbons (Fsp3) is 0.800. The highest BCUT2D eigenvalue weighted by Crippen LogP contribution is 2.21. The van der Waals surface area contributed by atoms with Gasteiger partial charge in [0, 0.05) is 6.04 Å². The van der Waals surface area contributed by atoms with Crippen molar-refractivity contribution in [2.24, 2.45) is 0 Å². The van der Waals surface area contributed by atoms with Gasteiger partial charge in [-0.15, -0.1) is 0 Å². The van der Waals surface area contributed by atoms with Gasteiger partial charge in [0.05, 0.1) is 18.2 Å². The molecule has 0 amide bonds. The van der Waals surface area contributed by atoms with Gasteiger partial charge in [0.25, 0.3) is 0 Å². The minimum absolute atomic E-state index is 0.0938. The summed E-state index contributed by atoms with van der Waals surface area (Å²) in [4.78, 5) is 2.14. The third kappa shape index (κ3) is 3.78. The Hall–Kier alpha value is 0.0400. The first-order valence-corrected chi connectivity index (χ1v) is 10.3. The lowest BCUT2D eigenvalue weighted by molar-refractivity contribution is 0.163. The minimum Gasteiger partial charge on any atom is -0.281 e. The first-order valence-electron chi connectivity index (χ1n) is 6.01. The van der Waals surface area contributed by atoms with Crippen molar-refractivity contribution in [1.29, 1.82) is 0 Å². The summed E-state index contributed by atoms with van der Waals surface area (Å²) in [6.45, 7) is 3.41. The molecule has 2 rings (SSSR count). The highest BCUT2D eigenvalue weighted by Gasteiger charge is 2.31. The molecule has 0 N–H and O–H groups in total. The largest absolute Gasteiger partial charge is 0.281 e. The van der Waals surface area contributed by atoms with Crippen LogP contribution < -0.4 is 0 Å². The Bertz CT molecular complexity index is 592. The molecule has 0 radical (unpaired) electrons. The van der Waals surface area contributed by atoms with Gasteiger partial charge < -0.3 is 0 Å². The summed E-state index contributed by atoms with van der Waals surface area (Å²) in [6, 6.07) is 0.0938. The molecule has 1 aliphatic rings. The summed E-state index contributed by atoms with van der Waals surface area (Å²) >= 11 is 8.36. The van der Waals surface area contributed by atoms with Gasteiger partial charge in [0.2, 0.25) is 0 Å². The maximum atomic E-state index is 11.6. The maximum Gasteiger partial charge on any atom is 0.181 e. The summed E-state index contributed by atoms with van der Waals surface area (Å²) in [7, 11) is -2.85. The van der Waals surface area contributed by atoms with Crippen molar-refractivity contribution < 1.29 is 8.42 Å². The summed E-state index contributed by atoms with van der Waals surface area (Å²) in [6.07, 6.45) is 2.68. The van der Waals surface area contributed by atoms with Crippen molar-refractivity contribution in [3.8, 4) is 0 Å². The average Bonchev–Trinajstić information content (AvgIpc) is 2.89. The second-order valence-electron chi connectivity index (χ2n) is 4.44. The molecule has 1 saturated heterocycles. The van der Waals surface area contributed by atoms with Crippen molar-refractivity contribution in [1.82, 2.24) is 14.7 Å². The van der Waals surface area contributed by atoms with Gasteiger partial charge in [-0.3, -0.25) is 4.90 Å². The molecule has 108 valence electrons. The summed E-state index contributed by atoms with van der Waals surface area (Å²) < 4.78 is 26.6. The molecule has 1 aliphatic heterocycles. The summed E-state index contributed by atoms with van der Waals surface area (Å²) in [5, 5.41) is 4.43. The minimum atomic E-state index is -2.85. The third-order valence-corrected chi connectivity index (χ3v) is 7.24. The SMILES string of the molecule is CCN(Cn1nc(SC)sc1=S)[C@@H]1CCS(=O)(=O)C1. The van der Waals surface area contributed by atoms with E-state index in [1.165, 1.54) is 11.3 Å². The van der Waals surface area contributed by atoms with Crippen molar-refractivity contribution in [2.75, 3.05) is 24.3 Å². The first kappa shape index (κ1) is 15.4. The van der Waals surface area contributed by atoms with Crippen molar-refractivity contribution in [2.45, 2.75) is 30.4 Å². The molecule has 9 heteroatoms. The fourth-order valence-electron chi connectivity index (χ4n) is 2.17. The van der Waals surface area contributed by atoms with Gasteiger partial charge in [-0.05, 0) is 31.4 Å². The number of thioether (sulfide) groups is 1. The van der Waals surface area contributed by atoms with E-state index in [0.717, 1.165) is 14.8 Å². The standard InChI is InChI=1S/C10H17N3O2S4/c1-3-12(8-4-5-19(14,15)6-8)7-13-10(16)18-9(11-13)17-2/h8H,3-7H2,1-2H3/t8-/m1/s1. The van der Waals surface area contributed by atoms with Gasteiger partial charge in [-0.2, -0.15) is 5.10 Å². The first-order chi connectivity index (χ1) is 8.95. The number of rotatable bonds is 5. The van der Waals surface area contributed by atoms with Gasteiger partial charge in [-0.1, -0.05) is 30.0 Å². The highest BCUT2D eigenvalue weighted by atomic mass is 32.2. The quantitative estimate of drug-likeness (QED) is 0.603. The van der Waals surface area contributed by atoms with Gasteiger partial charge >= 0.3 is 0 Å². The predicted octanol–water partition coefficient (Wildman–Crippen LogP) is 1.86. The second-order valence-corrected chi connectivity index (χ2v) is 9.35. The Morgan fingerprint density at radius 2 is 2.37 bits per heavy atom. The van der Waals surface area contributed by atoms with Crippen molar-refractivity contribution in [3.05, 3.63) is 3.95 Å². The molecular formula is C10H17N3O2S4. The van der Waals surface area contributed by atoms with Crippen molar-refractivity contribution in [3.63, 3.8) is 0 Å². The molecule has 0 aromatic carbocycles. The highest BCUT2D eigenvalue weighted by molar-refractivity contribution is 8.00. The Morgan fingerprint density at radius 1 is 1.63 bits per heavy atom. The number of nitrogens with zero attached hydrogens (tertiary/aromatic N) is 3. The molecule has 0 aliphatic carbocycles. The van der Waals surface area contributed by atoms with E-state index in [-0.39, 0.29) is 11.8 Å². The summed E-state index contributed by atoms with van der Waals surface area (Å²) in [5.74, 6) is 0.556. The van der Waals surface area contributed by atoms with E-state index >= 15 is 0 Å².